The van der Waals surface area contributed by atoms with Crippen LogP contribution in [0.2, 0.25) is 0 Å². The van der Waals surface area contributed by atoms with E-state index < -0.39 is 36.5 Å². The number of ether oxygens (including phenoxy) is 1. The molecule has 0 fully saturated rings. The van der Waals surface area contributed by atoms with Gasteiger partial charge < -0.3 is 19.7 Å². The lowest BCUT2D eigenvalue weighted by atomic mass is 9.97. The molecule has 0 saturated heterocycles. The molecule has 2 aromatic rings. The lowest BCUT2D eigenvalue weighted by Gasteiger charge is -2.29. The first-order valence-electron chi connectivity index (χ1n) is 7.17. The van der Waals surface area contributed by atoms with E-state index in [-0.39, 0.29) is 12.3 Å². The predicted octanol–water partition coefficient (Wildman–Crippen LogP) is 1.59. The number of thiazole rings is 1. The molecule has 138 valence electrons. The Hall–Kier alpha value is -1.98. The van der Waals surface area contributed by atoms with Crippen molar-refractivity contribution < 1.29 is 27.8 Å². The molecule has 0 bridgehead atoms. The molecule has 0 radical (unpaired) electrons. The third kappa shape index (κ3) is 4.17. The number of rotatable bonds is 7. The van der Waals surface area contributed by atoms with E-state index in [4.69, 9.17) is 4.74 Å². The molecular formula is C14H17F3N4O3S. The molecule has 1 unspecified atom stereocenters. The van der Waals surface area contributed by atoms with E-state index in [1.807, 2.05) is 0 Å². The zero-order valence-corrected chi connectivity index (χ0v) is 14.3. The standard InChI is InChI=1S/C14H17F3N4O3S/c1-21-6-5-19-12(21)13(23,14(15,16)17)3-4-18-11(22)9-8-25-10(20-9)7-24-2/h5-6,8,23H,3-4,7H2,1-2H3,(H,18,22). The highest BCUT2D eigenvalue weighted by atomic mass is 32.1. The summed E-state index contributed by atoms with van der Waals surface area (Å²) in [4.78, 5) is 19.6. The number of halogens is 3. The van der Waals surface area contributed by atoms with Crippen molar-refractivity contribution in [3.63, 3.8) is 0 Å². The van der Waals surface area contributed by atoms with Gasteiger partial charge in [-0.25, -0.2) is 9.97 Å². The van der Waals surface area contributed by atoms with Crippen LogP contribution in [0.3, 0.4) is 0 Å². The molecule has 2 N–H and O–H groups in total. The summed E-state index contributed by atoms with van der Waals surface area (Å²) in [6.07, 6.45) is -3.25. The quantitative estimate of drug-likeness (QED) is 0.764. The Morgan fingerprint density at radius 1 is 1.48 bits per heavy atom. The van der Waals surface area contributed by atoms with Crippen LogP contribution in [0.1, 0.15) is 27.7 Å². The van der Waals surface area contributed by atoms with Gasteiger partial charge in [0.2, 0.25) is 5.60 Å². The van der Waals surface area contributed by atoms with Crippen LogP contribution in [0, 0.1) is 0 Å². The third-order valence-corrected chi connectivity index (χ3v) is 4.31. The molecular weight excluding hydrogens is 361 g/mol. The van der Waals surface area contributed by atoms with Crippen LogP contribution in [0.4, 0.5) is 13.2 Å². The van der Waals surface area contributed by atoms with Crippen LogP contribution in [0.15, 0.2) is 17.8 Å². The first-order chi connectivity index (χ1) is 11.7. The van der Waals surface area contributed by atoms with Gasteiger partial charge in [-0.15, -0.1) is 11.3 Å². The van der Waals surface area contributed by atoms with Crippen LogP contribution >= 0.6 is 11.3 Å². The molecule has 7 nitrogen and oxygen atoms in total. The Labute approximate surface area is 145 Å². The molecule has 0 spiro atoms. The van der Waals surface area contributed by atoms with E-state index in [1.54, 1.807) is 0 Å². The van der Waals surface area contributed by atoms with Crippen molar-refractivity contribution >= 4 is 17.2 Å². The van der Waals surface area contributed by atoms with Crippen molar-refractivity contribution in [2.45, 2.75) is 24.8 Å². The number of aromatic nitrogens is 3. The second-order valence-electron chi connectivity index (χ2n) is 5.29. The lowest BCUT2D eigenvalue weighted by molar-refractivity contribution is -0.272. The molecule has 0 aromatic carbocycles. The third-order valence-electron chi connectivity index (χ3n) is 3.48. The maximum Gasteiger partial charge on any atom is 0.424 e. The fourth-order valence-corrected chi connectivity index (χ4v) is 2.94. The molecule has 2 rings (SSSR count). The Kier molecular flexibility index (Phi) is 5.80. The summed E-state index contributed by atoms with van der Waals surface area (Å²) in [5.74, 6) is -1.16. The largest absolute Gasteiger partial charge is 0.424 e. The maximum absolute atomic E-state index is 13.3. The maximum atomic E-state index is 13.3. The van der Waals surface area contributed by atoms with Crippen molar-refractivity contribution in [3.05, 3.63) is 34.3 Å². The van der Waals surface area contributed by atoms with Gasteiger partial charge in [0, 0.05) is 44.9 Å². The second-order valence-corrected chi connectivity index (χ2v) is 6.23. The number of aryl methyl sites for hydroxylation is 1. The zero-order chi connectivity index (χ0) is 18.7. The molecule has 2 aromatic heterocycles. The van der Waals surface area contributed by atoms with Crippen LogP contribution in [-0.2, 0) is 24.0 Å². The Balaban J connectivity index is 2.04. The predicted molar refractivity (Wildman–Crippen MR) is 82.9 cm³/mol. The highest BCUT2D eigenvalue weighted by Crippen LogP contribution is 2.40. The van der Waals surface area contributed by atoms with Crippen molar-refractivity contribution in [2.75, 3.05) is 13.7 Å². The van der Waals surface area contributed by atoms with Crippen LogP contribution in [0.25, 0.3) is 0 Å². The number of nitrogens with zero attached hydrogens (tertiary/aromatic N) is 3. The molecule has 0 aliphatic heterocycles. The zero-order valence-electron chi connectivity index (χ0n) is 13.5. The summed E-state index contributed by atoms with van der Waals surface area (Å²) in [5.41, 5.74) is -3.08. The average molecular weight is 378 g/mol. The van der Waals surface area contributed by atoms with Gasteiger partial charge in [-0.1, -0.05) is 0 Å². The van der Waals surface area contributed by atoms with Crippen molar-refractivity contribution in [1.82, 2.24) is 19.9 Å². The van der Waals surface area contributed by atoms with Gasteiger partial charge in [0.25, 0.3) is 5.91 Å². The molecule has 2 heterocycles. The van der Waals surface area contributed by atoms with Crippen LogP contribution in [0.5, 0.6) is 0 Å². The number of nitrogens with one attached hydrogen (secondary N) is 1. The van der Waals surface area contributed by atoms with Gasteiger partial charge in [-0.2, -0.15) is 13.2 Å². The molecule has 1 atom stereocenters. The highest BCUT2D eigenvalue weighted by Gasteiger charge is 2.57. The van der Waals surface area contributed by atoms with Crippen LogP contribution in [-0.4, -0.2) is 45.4 Å². The number of hydrogen-bond donors (Lipinski definition) is 2. The number of hydrogen-bond acceptors (Lipinski definition) is 6. The van der Waals surface area contributed by atoms with Gasteiger partial charge in [-0.3, -0.25) is 4.79 Å². The first-order valence-corrected chi connectivity index (χ1v) is 8.05. The Bertz CT molecular complexity index is 731. The monoisotopic (exact) mass is 378 g/mol. The summed E-state index contributed by atoms with van der Waals surface area (Å²) in [5, 5.41) is 14.5. The van der Waals surface area contributed by atoms with Crippen molar-refractivity contribution in [1.29, 1.82) is 0 Å². The van der Waals surface area contributed by atoms with E-state index in [2.05, 4.69) is 15.3 Å². The Morgan fingerprint density at radius 2 is 2.20 bits per heavy atom. The number of carbonyl (C=O) groups is 1. The summed E-state index contributed by atoms with van der Waals surface area (Å²) >= 11 is 1.21. The number of aliphatic hydroxyl groups is 1. The summed E-state index contributed by atoms with van der Waals surface area (Å²) in [6.45, 7) is -0.163. The highest BCUT2D eigenvalue weighted by molar-refractivity contribution is 7.09. The second kappa shape index (κ2) is 7.50. The summed E-state index contributed by atoms with van der Waals surface area (Å²) in [6, 6.07) is 0. The summed E-state index contributed by atoms with van der Waals surface area (Å²) in [7, 11) is 2.83. The van der Waals surface area contributed by atoms with E-state index >= 15 is 0 Å². The van der Waals surface area contributed by atoms with E-state index in [0.29, 0.717) is 5.01 Å². The number of imidazole rings is 1. The SMILES string of the molecule is COCc1nc(C(=O)NCCC(O)(c2nccn2C)C(F)(F)F)cs1. The van der Waals surface area contributed by atoms with Gasteiger partial charge in [0.15, 0.2) is 0 Å². The minimum absolute atomic E-state index is 0.0876. The number of carbonyl (C=O) groups excluding carboxylic acids is 1. The average Bonchev–Trinajstić information content (AvgIpc) is 3.15. The molecule has 0 aliphatic carbocycles. The van der Waals surface area contributed by atoms with Crippen molar-refractivity contribution in [2.24, 2.45) is 7.05 Å². The van der Waals surface area contributed by atoms with Gasteiger partial charge in [0.05, 0.1) is 6.61 Å². The van der Waals surface area contributed by atoms with Crippen LogP contribution < -0.4 is 5.32 Å². The fourth-order valence-electron chi connectivity index (χ4n) is 2.20. The number of amides is 1. The normalized spacial score (nSPS) is 14.3. The van der Waals surface area contributed by atoms with Gasteiger partial charge >= 0.3 is 6.18 Å². The van der Waals surface area contributed by atoms with Crippen molar-refractivity contribution in [3.8, 4) is 0 Å². The molecule has 1 amide bonds. The number of alkyl halides is 3. The smallest absolute Gasteiger partial charge is 0.378 e. The molecule has 0 saturated carbocycles. The topological polar surface area (TPSA) is 89.3 Å². The number of methoxy groups -OCH3 is 1. The van der Waals surface area contributed by atoms with Gasteiger partial charge in [-0.05, 0) is 0 Å². The minimum Gasteiger partial charge on any atom is -0.378 e. The van der Waals surface area contributed by atoms with E-state index in [0.717, 1.165) is 10.8 Å². The van der Waals surface area contributed by atoms with Gasteiger partial charge in [0.1, 0.15) is 16.5 Å². The fraction of sp³-hybridized carbons (Fsp3) is 0.500. The summed E-state index contributed by atoms with van der Waals surface area (Å²) < 4.78 is 46.0. The molecule has 11 heteroatoms. The molecule has 25 heavy (non-hydrogen) atoms. The Morgan fingerprint density at radius 3 is 2.76 bits per heavy atom. The molecule has 0 aliphatic rings. The lowest BCUT2D eigenvalue weighted by Crippen LogP contribution is -2.46. The minimum atomic E-state index is -4.94. The van der Waals surface area contributed by atoms with E-state index in [9.17, 15) is 23.1 Å². The first kappa shape index (κ1) is 19.3. The van der Waals surface area contributed by atoms with E-state index in [1.165, 1.54) is 37.1 Å².